The molecule has 0 N–H and O–H groups in total. The van der Waals surface area contributed by atoms with Crippen LogP contribution in [0.4, 0.5) is 5.69 Å². The lowest BCUT2D eigenvalue weighted by molar-refractivity contribution is 0.538. The molecule has 3 nitrogen and oxygen atoms in total. The summed E-state index contributed by atoms with van der Waals surface area (Å²) in [5.41, 5.74) is 2.37. The fraction of sp³-hybridized carbons (Fsp3) is 0.450. The lowest BCUT2D eigenvalue weighted by Gasteiger charge is -2.43. The van der Waals surface area contributed by atoms with Crippen LogP contribution in [0.25, 0.3) is 0 Å². The van der Waals surface area contributed by atoms with Gasteiger partial charge in [0.25, 0.3) is 0 Å². The van der Waals surface area contributed by atoms with Crippen LogP contribution >= 0.6 is 7.21 Å². The van der Waals surface area contributed by atoms with Crippen molar-refractivity contribution < 1.29 is 0 Å². The van der Waals surface area contributed by atoms with Crippen molar-refractivity contribution in [3.8, 4) is 0 Å². The molecule has 0 aliphatic carbocycles. The van der Waals surface area contributed by atoms with Gasteiger partial charge in [-0.05, 0) is 44.0 Å². The highest BCUT2D eigenvalue weighted by Crippen LogP contribution is 2.64. The fourth-order valence-electron chi connectivity index (χ4n) is 3.57. The maximum atomic E-state index is 5.46. The zero-order valence-electron chi connectivity index (χ0n) is 15.2. The highest BCUT2D eigenvalue weighted by atomic mass is 31.2. The summed E-state index contributed by atoms with van der Waals surface area (Å²) in [6.07, 6.45) is 6.37. The highest BCUT2D eigenvalue weighted by molar-refractivity contribution is 7.73. The fourth-order valence-corrected chi connectivity index (χ4v) is 7.94. The van der Waals surface area contributed by atoms with E-state index >= 15 is 0 Å². The third-order valence-electron chi connectivity index (χ3n) is 4.74. The van der Waals surface area contributed by atoms with Crippen molar-refractivity contribution in [2.24, 2.45) is 4.74 Å². The number of rotatable bonds is 3. The average Bonchev–Trinajstić information content (AvgIpc) is 3.08. The van der Waals surface area contributed by atoms with Gasteiger partial charge in [-0.3, -0.25) is 9.65 Å². The first kappa shape index (κ1) is 17.4. The molecule has 1 saturated heterocycles. The van der Waals surface area contributed by atoms with Gasteiger partial charge in [-0.25, -0.2) is 4.74 Å². The maximum Gasteiger partial charge on any atom is 0.0720 e. The largest absolute Gasteiger partial charge is 0.265 e. The number of aromatic nitrogens is 1. The van der Waals surface area contributed by atoms with E-state index < -0.39 is 7.21 Å². The Hall–Kier alpha value is -1.44. The van der Waals surface area contributed by atoms with Gasteiger partial charge in [-0.2, -0.15) is 0 Å². The molecule has 2 aromatic rings. The first-order chi connectivity index (χ1) is 11.4. The topological polar surface area (TPSA) is 28.5 Å². The van der Waals surface area contributed by atoms with E-state index in [4.69, 9.17) is 4.74 Å². The summed E-state index contributed by atoms with van der Waals surface area (Å²) < 4.78 is 8.13. The normalized spacial score (nSPS) is 18.3. The van der Waals surface area contributed by atoms with E-state index in [-0.39, 0.29) is 5.16 Å². The molecule has 1 aromatic heterocycles. The molecule has 1 fully saturated rings. The third kappa shape index (κ3) is 3.20. The van der Waals surface area contributed by atoms with E-state index in [1.165, 1.54) is 23.7 Å². The van der Waals surface area contributed by atoms with Crippen LogP contribution in [-0.2, 0) is 0 Å². The molecule has 128 valence electrons. The number of aryl methyl sites for hydroxylation is 1. The van der Waals surface area contributed by atoms with Crippen LogP contribution < -0.4 is 5.30 Å². The number of pyridine rings is 1. The van der Waals surface area contributed by atoms with E-state index in [9.17, 15) is 0 Å². The molecule has 1 aliphatic rings. The summed E-state index contributed by atoms with van der Waals surface area (Å²) in [6.45, 7) is 11.4. The Balaban J connectivity index is 2.27. The summed E-state index contributed by atoms with van der Waals surface area (Å²) in [4.78, 5) is 4.24. The molecule has 0 radical (unpaired) electrons. The minimum absolute atomic E-state index is 0.0730. The zero-order chi connectivity index (χ0) is 17.2. The maximum absolute atomic E-state index is 5.46. The first-order valence-corrected chi connectivity index (χ1v) is 10.5. The van der Waals surface area contributed by atoms with Crippen LogP contribution in [0.1, 0.15) is 39.2 Å². The molecule has 0 bridgehead atoms. The molecule has 3 rings (SSSR count). The lowest BCUT2D eigenvalue weighted by atomic mass is 10.2. The van der Waals surface area contributed by atoms with E-state index in [2.05, 4.69) is 73.7 Å². The van der Waals surface area contributed by atoms with E-state index in [1.54, 1.807) is 0 Å². The minimum Gasteiger partial charge on any atom is -0.265 e. The second-order valence-electron chi connectivity index (χ2n) is 7.57. The average molecular weight is 341 g/mol. The highest BCUT2D eigenvalue weighted by Gasteiger charge is 2.42. The predicted molar refractivity (Wildman–Crippen MR) is 105 cm³/mol. The van der Waals surface area contributed by atoms with E-state index in [0.717, 1.165) is 18.8 Å². The molecule has 4 heteroatoms. The van der Waals surface area contributed by atoms with E-state index in [1.807, 2.05) is 12.4 Å². The second-order valence-corrected chi connectivity index (χ2v) is 11.4. The summed E-state index contributed by atoms with van der Waals surface area (Å²) in [5, 5.41) is 1.41. The van der Waals surface area contributed by atoms with Crippen LogP contribution in [0.2, 0.25) is 0 Å². The Labute approximate surface area is 146 Å². The van der Waals surface area contributed by atoms with Crippen molar-refractivity contribution in [2.75, 3.05) is 13.1 Å². The van der Waals surface area contributed by atoms with Crippen molar-refractivity contribution in [2.45, 2.75) is 45.7 Å². The number of hydrogen-bond donors (Lipinski definition) is 0. The Morgan fingerprint density at radius 1 is 0.958 bits per heavy atom. The number of nitrogens with zero attached hydrogens (tertiary/aromatic N) is 3. The Kier molecular flexibility index (Phi) is 4.94. The van der Waals surface area contributed by atoms with Gasteiger partial charge in [0.05, 0.1) is 12.9 Å². The van der Waals surface area contributed by atoms with Gasteiger partial charge in [-0.1, -0.05) is 38.5 Å². The first-order valence-electron chi connectivity index (χ1n) is 8.79. The molecule has 2 heterocycles. The number of benzene rings is 1. The molecule has 1 aliphatic heterocycles. The SMILES string of the molecule is Cc1ccc(N=P(c2ccncc2)(N2CCCC2)C(C)(C)C)cc1. The van der Waals surface area contributed by atoms with Crippen molar-refractivity contribution in [3.05, 3.63) is 54.4 Å². The van der Waals surface area contributed by atoms with Gasteiger partial charge in [0, 0.05) is 35.9 Å². The Morgan fingerprint density at radius 2 is 1.54 bits per heavy atom. The van der Waals surface area contributed by atoms with Crippen LogP contribution in [0.5, 0.6) is 0 Å². The summed E-state index contributed by atoms with van der Waals surface area (Å²) >= 11 is 0. The van der Waals surface area contributed by atoms with Crippen LogP contribution in [0.3, 0.4) is 0 Å². The van der Waals surface area contributed by atoms with Crippen molar-refractivity contribution in [3.63, 3.8) is 0 Å². The minimum atomic E-state index is -1.90. The summed E-state index contributed by atoms with van der Waals surface area (Å²) in [5.74, 6) is 0. The smallest absolute Gasteiger partial charge is 0.0720 e. The predicted octanol–water partition coefficient (Wildman–Crippen LogP) is 5.36. The van der Waals surface area contributed by atoms with Crippen LogP contribution in [0.15, 0.2) is 53.5 Å². The monoisotopic (exact) mass is 341 g/mol. The zero-order valence-corrected chi connectivity index (χ0v) is 16.1. The molecule has 0 spiro atoms. The lowest BCUT2D eigenvalue weighted by Crippen LogP contribution is -2.35. The van der Waals surface area contributed by atoms with Gasteiger partial charge in [0.2, 0.25) is 0 Å². The van der Waals surface area contributed by atoms with Gasteiger partial charge >= 0.3 is 0 Å². The Bertz CT molecular complexity index is 724. The van der Waals surface area contributed by atoms with Crippen LogP contribution in [0, 0.1) is 6.92 Å². The third-order valence-corrected chi connectivity index (χ3v) is 9.37. The molecule has 1 atom stereocenters. The van der Waals surface area contributed by atoms with Gasteiger partial charge < -0.3 is 0 Å². The van der Waals surface area contributed by atoms with Gasteiger partial charge in [0.1, 0.15) is 0 Å². The molecule has 0 amide bonds. The molecular weight excluding hydrogens is 313 g/mol. The summed E-state index contributed by atoms with van der Waals surface area (Å²) in [7, 11) is -1.90. The van der Waals surface area contributed by atoms with Gasteiger partial charge in [0.15, 0.2) is 0 Å². The van der Waals surface area contributed by atoms with Crippen molar-refractivity contribution in [1.82, 2.24) is 9.65 Å². The number of hydrogen-bond acceptors (Lipinski definition) is 2. The van der Waals surface area contributed by atoms with Crippen molar-refractivity contribution >= 4 is 18.2 Å². The summed E-state index contributed by atoms with van der Waals surface area (Å²) in [6, 6.07) is 13.0. The quantitative estimate of drug-likeness (QED) is 0.703. The van der Waals surface area contributed by atoms with Crippen molar-refractivity contribution in [1.29, 1.82) is 0 Å². The second kappa shape index (κ2) is 6.82. The molecule has 0 saturated carbocycles. The van der Waals surface area contributed by atoms with Gasteiger partial charge in [-0.15, -0.1) is 0 Å². The van der Waals surface area contributed by atoms with E-state index in [0.29, 0.717) is 0 Å². The van der Waals surface area contributed by atoms with Crippen LogP contribution in [-0.4, -0.2) is 27.9 Å². The molecular formula is C20H28N3P. The standard InChI is InChI=1S/C20H28N3P/c1-17-7-9-18(10-8-17)22-24(20(2,3)4,23-15-5-6-16-23)19-11-13-21-14-12-19/h7-14H,5-6,15-16H2,1-4H3. The molecule has 1 unspecified atom stereocenters. The molecule has 1 aromatic carbocycles. The Morgan fingerprint density at radius 3 is 2.08 bits per heavy atom. The molecule has 24 heavy (non-hydrogen) atoms.